The molecule has 0 radical (unpaired) electrons. The number of carbonyl (C=O) groups is 1. The van der Waals surface area contributed by atoms with Crippen LogP contribution in [0.2, 0.25) is 10.0 Å². The highest BCUT2D eigenvalue weighted by Crippen LogP contribution is 2.21. The number of aromatic nitrogens is 1. The zero-order chi connectivity index (χ0) is 15.4. The van der Waals surface area contributed by atoms with E-state index in [0.29, 0.717) is 37.7 Å². The molecule has 0 aliphatic carbocycles. The van der Waals surface area contributed by atoms with E-state index < -0.39 is 0 Å². The standard InChI is InChI=1S/C13H12Cl2N4OS/c1-2-10-11(21-13(16)18-10)12(20)19-17-6-7-3-4-8(14)5-9(7)15/h3-6H,2H2,1H3,(H2,16,18)(H,19,20)/b17-6+. The summed E-state index contributed by atoms with van der Waals surface area (Å²) in [5.74, 6) is -0.345. The molecule has 0 bridgehead atoms. The van der Waals surface area contributed by atoms with Crippen LogP contribution in [0.3, 0.4) is 0 Å². The molecule has 1 heterocycles. The fraction of sp³-hybridized carbons (Fsp3) is 0.154. The molecule has 2 aromatic rings. The molecule has 2 rings (SSSR count). The summed E-state index contributed by atoms with van der Waals surface area (Å²) in [7, 11) is 0. The first-order valence-electron chi connectivity index (χ1n) is 6.05. The van der Waals surface area contributed by atoms with Crippen LogP contribution in [-0.4, -0.2) is 17.1 Å². The number of hydrogen-bond donors (Lipinski definition) is 2. The Morgan fingerprint density at radius 3 is 2.95 bits per heavy atom. The van der Waals surface area contributed by atoms with Gasteiger partial charge in [-0.3, -0.25) is 4.79 Å². The molecule has 0 atom stereocenters. The van der Waals surface area contributed by atoms with E-state index in [-0.39, 0.29) is 5.91 Å². The second-order valence-electron chi connectivity index (χ2n) is 4.05. The lowest BCUT2D eigenvalue weighted by atomic mass is 10.2. The molecule has 110 valence electrons. The summed E-state index contributed by atoms with van der Waals surface area (Å²) in [6.07, 6.45) is 2.08. The van der Waals surface area contributed by atoms with Crippen LogP contribution in [0.5, 0.6) is 0 Å². The van der Waals surface area contributed by atoms with E-state index in [9.17, 15) is 4.79 Å². The normalized spacial score (nSPS) is 11.0. The Bertz CT molecular complexity index is 699. The maximum absolute atomic E-state index is 12.0. The molecule has 3 N–H and O–H groups in total. The number of nitrogens with two attached hydrogens (primary N) is 1. The van der Waals surface area contributed by atoms with Gasteiger partial charge in [0.25, 0.3) is 5.91 Å². The number of carbonyl (C=O) groups excluding carboxylic acids is 1. The molecular formula is C13H12Cl2N4OS. The number of nitrogen functional groups attached to an aromatic ring is 1. The van der Waals surface area contributed by atoms with Gasteiger partial charge in [0.1, 0.15) is 4.88 Å². The van der Waals surface area contributed by atoms with Gasteiger partial charge in [0.2, 0.25) is 0 Å². The minimum Gasteiger partial charge on any atom is -0.375 e. The highest BCUT2D eigenvalue weighted by atomic mass is 35.5. The number of hydrazone groups is 1. The van der Waals surface area contributed by atoms with E-state index in [1.165, 1.54) is 6.21 Å². The maximum Gasteiger partial charge on any atom is 0.283 e. The molecule has 5 nitrogen and oxygen atoms in total. The lowest BCUT2D eigenvalue weighted by molar-refractivity contribution is 0.0958. The molecule has 1 aromatic carbocycles. The Morgan fingerprint density at radius 1 is 1.52 bits per heavy atom. The van der Waals surface area contributed by atoms with E-state index in [1.54, 1.807) is 18.2 Å². The number of amides is 1. The Labute approximate surface area is 135 Å². The fourth-order valence-electron chi connectivity index (χ4n) is 1.60. The van der Waals surface area contributed by atoms with Gasteiger partial charge in [-0.1, -0.05) is 47.5 Å². The van der Waals surface area contributed by atoms with Crippen molar-refractivity contribution in [3.63, 3.8) is 0 Å². The maximum atomic E-state index is 12.0. The van der Waals surface area contributed by atoms with Gasteiger partial charge < -0.3 is 5.73 Å². The topological polar surface area (TPSA) is 80.4 Å². The summed E-state index contributed by atoms with van der Waals surface area (Å²) in [4.78, 5) is 16.6. The second-order valence-corrected chi connectivity index (χ2v) is 5.92. The van der Waals surface area contributed by atoms with Gasteiger partial charge in [0.05, 0.1) is 16.9 Å². The first-order valence-corrected chi connectivity index (χ1v) is 7.62. The van der Waals surface area contributed by atoms with E-state index >= 15 is 0 Å². The third-order valence-corrected chi connectivity index (χ3v) is 4.08. The number of halogens is 2. The molecule has 1 amide bonds. The molecule has 21 heavy (non-hydrogen) atoms. The van der Waals surface area contributed by atoms with Crippen LogP contribution >= 0.6 is 34.5 Å². The van der Waals surface area contributed by atoms with Gasteiger partial charge in [-0.25, -0.2) is 10.4 Å². The van der Waals surface area contributed by atoms with Crippen molar-refractivity contribution >= 4 is 51.8 Å². The van der Waals surface area contributed by atoms with Crippen molar-refractivity contribution in [3.05, 3.63) is 44.4 Å². The Morgan fingerprint density at radius 2 is 2.29 bits per heavy atom. The number of nitrogens with zero attached hydrogens (tertiary/aromatic N) is 2. The predicted molar refractivity (Wildman–Crippen MR) is 87.4 cm³/mol. The van der Waals surface area contributed by atoms with Crippen molar-refractivity contribution < 1.29 is 4.79 Å². The molecule has 0 unspecified atom stereocenters. The molecule has 0 fully saturated rings. The Kier molecular flexibility index (Phi) is 5.17. The van der Waals surface area contributed by atoms with Gasteiger partial charge in [0.15, 0.2) is 5.13 Å². The summed E-state index contributed by atoms with van der Waals surface area (Å²) in [5.41, 5.74) is 9.35. The molecule has 0 saturated heterocycles. The predicted octanol–water partition coefficient (Wildman–Crippen LogP) is 3.36. The summed E-state index contributed by atoms with van der Waals surface area (Å²) >= 11 is 12.9. The van der Waals surface area contributed by atoms with Crippen LogP contribution in [0.1, 0.15) is 27.9 Å². The molecule has 0 aliphatic heterocycles. The highest BCUT2D eigenvalue weighted by molar-refractivity contribution is 7.17. The number of nitrogens with one attached hydrogen (secondary N) is 1. The summed E-state index contributed by atoms with van der Waals surface area (Å²) in [6.45, 7) is 1.90. The van der Waals surface area contributed by atoms with Crippen LogP contribution in [0.25, 0.3) is 0 Å². The van der Waals surface area contributed by atoms with Crippen molar-refractivity contribution in [2.24, 2.45) is 5.10 Å². The molecule has 0 aliphatic rings. The fourth-order valence-corrected chi connectivity index (χ4v) is 2.87. The minimum absolute atomic E-state index is 0.345. The number of aryl methyl sites for hydroxylation is 1. The van der Waals surface area contributed by atoms with Crippen molar-refractivity contribution in [1.82, 2.24) is 10.4 Å². The number of rotatable bonds is 4. The van der Waals surface area contributed by atoms with Gasteiger partial charge in [-0.05, 0) is 18.6 Å². The number of thiazole rings is 1. The SMILES string of the molecule is CCc1nc(N)sc1C(=O)N/N=C/c1ccc(Cl)cc1Cl. The minimum atomic E-state index is -0.345. The summed E-state index contributed by atoms with van der Waals surface area (Å²) in [5, 5.41) is 5.23. The first kappa shape index (κ1) is 15.8. The van der Waals surface area contributed by atoms with Gasteiger partial charge in [-0.2, -0.15) is 5.10 Å². The zero-order valence-corrected chi connectivity index (χ0v) is 13.4. The molecular weight excluding hydrogens is 331 g/mol. The van der Waals surface area contributed by atoms with E-state index in [1.807, 2.05) is 6.92 Å². The second kappa shape index (κ2) is 6.89. The van der Waals surface area contributed by atoms with Crippen molar-refractivity contribution in [3.8, 4) is 0 Å². The number of benzene rings is 1. The average molecular weight is 343 g/mol. The monoisotopic (exact) mass is 342 g/mol. The lowest BCUT2D eigenvalue weighted by Crippen LogP contribution is -2.17. The molecule has 1 aromatic heterocycles. The van der Waals surface area contributed by atoms with E-state index in [4.69, 9.17) is 28.9 Å². The molecule has 8 heteroatoms. The van der Waals surface area contributed by atoms with E-state index in [0.717, 1.165) is 11.3 Å². The van der Waals surface area contributed by atoms with Crippen molar-refractivity contribution in [1.29, 1.82) is 0 Å². The van der Waals surface area contributed by atoms with Gasteiger partial charge in [0, 0.05) is 10.6 Å². The lowest BCUT2D eigenvalue weighted by Gasteiger charge is -2.00. The molecule has 0 saturated carbocycles. The summed E-state index contributed by atoms with van der Waals surface area (Å²) in [6, 6.07) is 5.00. The third-order valence-electron chi connectivity index (χ3n) is 2.59. The quantitative estimate of drug-likeness (QED) is 0.660. The summed E-state index contributed by atoms with van der Waals surface area (Å²) < 4.78 is 0. The van der Waals surface area contributed by atoms with Crippen molar-refractivity contribution in [2.45, 2.75) is 13.3 Å². The third kappa shape index (κ3) is 3.93. The zero-order valence-electron chi connectivity index (χ0n) is 11.1. The largest absolute Gasteiger partial charge is 0.375 e. The van der Waals surface area contributed by atoms with Gasteiger partial charge >= 0.3 is 0 Å². The van der Waals surface area contributed by atoms with Crippen molar-refractivity contribution in [2.75, 3.05) is 5.73 Å². The first-order chi connectivity index (χ1) is 10.0. The number of hydrogen-bond acceptors (Lipinski definition) is 5. The van der Waals surface area contributed by atoms with Crippen LogP contribution in [0.4, 0.5) is 5.13 Å². The highest BCUT2D eigenvalue weighted by Gasteiger charge is 2.15. The molecule has 0 spiro atoms. The smallest absolute Gasteiger partial charge is 0.283 e. The van der Waals surface area contributed by atoms with Crippen LogP contribution in [0, 0.1) is 0 Å². The van der Waals surface area contributed by atoms with Crippen LogP contribution in [0.15, 0.2) is 23.3 Å². The Balaban J connectivity index is 2.08. The van der Waals surface area contributed by atoms with Gasteiger partial charge in [-0.15, -0.1) is 0 Å². The Hall–Kier alpha value is -1.63. The van der Waals surface area contributed by atoms with Crippen LogP contribution in [-0.2, 0) is 6.42 Å². The van der Waals surface area contributed by atoms with Crippen LogP contribution < -0.4 is 11.2 Å². The number of anilines is 1. The van der Waals surface area contributed by atoms with E-state index in [2.05, 4.69) is 15.5 Å². The average Bonchev–Trinajstić information content (AvgIpc) is 2.82.